The van der Waals surface area contributed by atoms with Gasteiger partial charge in [0.25, 0.3) is 5.91 Å². The third-order valence-electron chi connectivity index (χ3n) is 4.69. The highest BCUT2D eigenvalue weighted by molar-refractivity contribution is 5.95. The monoisotopic (exact) mass is 448 g/mol. The number of hydrogen-bond donors (Lipinski definition) is 2. The first-order valence-corrected chi connectivity index (χ1v) is 9.77. The Bertz CT molecular complexity index is 1090. The van der Waals surface area contributed by atoms with Crippen molar-refractivity contribution in [1.29, 1.82) is 0 Å². The van der Waals surface area contributed by atoms with Crippen LogP contribution in [0.25, 0.3) is 11.3 Å². The number of amides is 1. The number of hydrogen-bond acceptors (Lipinski definition) is 5. The number of nitrogens with zero attached hydrogens (tertiary/aromatic N) is 3. The fraction of sp³-hybridized carbons (Fsp3) is 0.318. The van der Waals surface area contributed by atoms with Crippen LogP contribution in [0.15, 0.2) is 48.8 Å². The molecule has 0 unspecified atom stereocenters. The summed E-state index contributed by atoms with van der Waals surface area (Å²) in [5, 5.41) is 16.3. The van der Waals surface area contributed by atoms with Gasteiger partial charge in [-0.2, -0.15) is 18.3 Å². The summed E-state index contributed by atoms with van der Waals surface area (Å²) in [4.78, 5) is 16.9. The number of aliphatic hydroxyl groups is 1. The van der Waals surface area contributed by atoms with E-state index in [1.54, 1.807) is 43.9 Å². The number of halogens is 3. The van der Waals surface area contributed by atoms with Gasteiger partial charge in [-0.3, -0.25) is 9.48 Å². The van der Waals surface area contributed by atoms with Crippen molar-refractivity contribution < 1.29 is 27.8 Å². The van der Waals surface area contributed by atoms with E-state index in [9.17, 15) is 18.0 Å². The lowest BCUT2D eigenvalue weighted by atomic mass is 10.0. The molecule has 0 atom stereocenters. The fourth-order valence-electron chi connectivity index (χ4n) is 2.95. The molecule has 0 spiro atoms. The number of carbonyl (C=O) groups excluding carboxylic acids is 1. The van der Waals surface area contributed by atoms with Crippen LogP contribution < -0.4 is 10.1 Å². The van der Waals surface area contributed by atoms with Gasteiger partial charge in [0.15, 0.2) is 0 Å². The van der Waals surface area contributed by atoms with Gasteiger partial charge < -0.3 is 15.2 Å². The van der Waals surface area contributed by atoms with Crippen LogP contribution in [0.1, 0.15) is 36.2 Å². The number of benzene rings is 1. The van der Waals surface area contributed by atoms with E-state index in [2.05, 4.69) is 15.4 Å². The molecule has 0 aliphatic carbocycles. The molecule has 32 heavy (non-hydrogen) atoms. The number of pyridine rings is 1. The lowest BCUT2D eigenvalue weighted by molar-refractivity contribution is -0.137. The number of alkyl halides is 3. The van der Waals surface area contributed by atoms with Crippen molar-refractivity contribution >= 4 is 5.91 Å². The van der Waals surface area contributed by atoms with Crippen LogP contribution in [0.4, 0.5) is 13.2 Å². The lowest BCUT2D eigenvalue weighted by Gasteiger charge is -2.25. The molecule has 170 valence electrons. The summed E-state index contributed by atoms with van der Waals surface area (Å²) in [6, 6.07) is 7.49. The minimum atomic E-state index is -4.45. The Kier molecular flexibility index (Phi) is 6.54. The van der Waals surface area contributed by atoms with Gasteiger partial charge in [0.05, 0.1) is 22.4 Å². The van der Waals surface area contributed by atoms with Crippen LogP contribution in [-0.2, 0) is 13.2 Å². The molecule has 2 N–H and O–H groups in total. The number of ether oxygens (including phenoxy) is 1. The SMILES string of the molecule is Cn1ccc(-c2cc(C(=O)NC(C)(C)CCO)cnc2Oc2ccc(C(F)(F)F)cc2)n1. The highest BCUT2D eigenvalue weighted by atomic mass is 19.4. The smallest absolute Gasteiger partial charge is 0.416 e. The van der Waals surface area contributed by atoms with Gasteiger partial charge in [-0.25, -0.2) is 4.98 Å². The first-order valence-electron chi connectivity index (χ1n) is 9.77. The molecule has 2 heterocycles. The molecule has 1 aromatic carbocycles. The quantitative estimate of drug-likeness (QED) is 0.566. The maximum atomic E-state index is 12.8. The molecular formula is C22H23F3N4O3. The largest absolute Gasteiger partial charge is 0.438 e. The first kappa shape index (κ1) is 23.3. The average molecular weight is 448 g/mol. The van der Waals surface area contributed by atoms with Crippen molar-refractivity contribution in [3.05, 3.63) is 59.9 Å². The molecule has 3 aromatic rings. The molecule has 0 fully saturated rings. The van der Waals surface area contributed by atoms with E-state index >= 15 is 0 Å². The standard InChI is InChI=1S/C22H23F3N4O3/c1-21(2,9-11-30)27-19(31)14-12-17(18-8-10-29(3)28-18)20(26-13-14)32-16-6-4-15(5-7-16)22(23,24)25/h4-8,10,12-13,30H,9,11H2,1-3H3,(H,27,31). The summed E-state index contributed by atoms with van der Waals surface area (Å²) < 4.78 is 45.7. The van der Waals surface area contributed by atoms with Gasteiger partial charge in [0.1, 0.15) is 5.75 Å². The van der Waals surface area contributed by atoms with Crippen molar-refractivity contribution in [3.63, 3.8) is 0 Å². The van der Waals surface area contributed by atoms with Gasteiger partial charge in [-0.15, -0.1) is 0 Å². The van der Waals surface area contributed by atoms with Crippen LogP contribution in [0.2, 0.25) is 0 Å². The lowest BCUT2D eigenvalue weighted by Crippen LogP contribution is -2.44. The highest BCUT2D eigenvalue weighted by Gasteiger charge is 2.30. The third-order valence-corrected chi connectivity index (χ3v) is 4.69. The summed E-state index contributed by atoms with van der Waals surface area (Å²) >= 11 is 0. The fourth-order valence-corrected chi connectivity index (χ4v) is 2.95. The van der Waals surface area contributed by atoms with Crippen LogP contribution in [-0.4, -0.2) is 37.9 Å². The molecule has 0 aliphatic rings. The highest BCUT2D eigenvalue weighted by Crippen LogP contribution is 2.34. The summed E-state index contributed by atoms with van der Waals surface area (Å²) in [5.41, 5.74) is -0.298. The second-order valence-corrected chi connectivity index (χ2v) is 7.89. The maximum absolute atomic E-state index is 12.8. The molecule has 3 rings (SSSR count). The van der Waals surface area contributed by atoms with Crippen molar-refractivity contribution in [2.45, 2.75) is 32.0 Å². The Balaban J connectivity index is 1.93. The van der Waals surface area contributed by atoms with E-state index in [1.807, 2.05) is 0 Å². The molecule has 1 amide bonds. The van der Waals surface area contributed by atoms with Crippen molar-refractivity contribution in [1.82, 2.24) is 20.1 Å². The van der Waals surface area contributed by atoms with E-state index in [0.717, 1.165) is 12.1 Å². The zero-order valence-electron chi connectivity index (χ0n) is 17.8. The van der Waals surface area contributed by atoms with Crippen LogP contribution in [0.5, 0.6) is 11.6 Å². The molecule has 2 aromatic heterocycles. The van der Waals surface area contributed by atoms with Gasteiger partial charge in [0.2, 0.25) is 5.88 Å². The molecule has 0 radical (unpaired) electrons. The predicted octanol–water partition coefficient (Wildman–Crippen LogP) is 4.18. The van der Waals surface area contributed by atoms with Gasteiger partial charge in [0, 0.05) is 31.6 Å². The Hall–Kier alpha value is -3.40. The van der Waals surface area contributed by atoms with E-state index in [1.165, 1.54) is 18.3 Å². The van der Waals surface area contributed by atoms with E-state index in [0.29, 0.717) is 17.7 Å². The number of aromatic nitrogens is 3. The normalized spacial score (nSPS) is 12.0. The van der Waals surface area contributed by atoms with Gasteiger partial charge >= 0.3 is 6.18 Å². The Morgan fingerprint density at radius 1 is 1.19 bits per heavy atom. The number of nitrogens with one attached hydrogen (secondary N) is 1. The van der Waals surface area contributed by atoms with Gasteiger partial charge in [-0.05, 0) is 56.7 Å². The number of aryl methyl sites for hydroxylation is 1. The topological polar surface area (TPSA) is 89.3 Å². The van der Waals surface area contributed by atoms with Crippen molar-refractivity contribution in [2.24, 2.45) is 7.05 Å². The van der Waals surface area contributed by atoms with Crippen LogP contribution in [0, 0.1) is 0 Å². The first-order chi connectivity index (χ1) is 15.0. The second-order valence-electron chi connectivity index (χ2n) is 7.89. The summed E-state index contributed by atoms with van der Waals surface area (Å²) in [6.45, 7) is 3.50. The molecule has 10 heteroatoms. The Morgan fingerprint density at radius 2 is 1.88 bits per heavy atom. The maximum Gasteiger partial charge on any atom is 0.416 e. The zero-order valence-corrected chi connectivity index (χ0v) is 17.8. The van der Waals surface area contributed by atoms with Gasteiger partial charge in [-0.1, -0.05) is 0 Å². The zero-order chi connectivity index (χ0) is 23.5. The minimum Gasteiger partial charge on any atom is -0.438 e. The summed E-state index contributed by atoms with van der Waals surface area (Å²) in [6.07, 6.45) is -1.06. The third kappa shape index (κ3) is 5.64. The number of rotatable bonds is 7. The van der Waals surface area contributed by atoms with E-state index in [4.69, 9.17) is 9.84 Å². The molecule has 0 aliphatic heterocycles. The average Bonchev–Trinajstić information content (AvgIpc) is 3.13. The number of carbonyl (C=O) groups is 1. The van der Waals surface area contributed by atoms with Crippen molar-refractivity contribution in [2.75, 3.05) is 6.61 Å². The van der Waals surface area contributed by atoms with E-state index < -0.39 is 23.2 Å². The van der Waals surface area contributed by atoms with Crippen LogP contribution in [0.3, 0.4) is 0 Å². The summed E-state index contributed by atoms with van der Waals surface area (Å²) in [7, 11) is 1.72. The van der Waals surface area contributed by atoms with E-state index in [-0.39, 0.29) is 23.8 Å². The molecule has 0 bridgehead atoms. The minimum absolute atomic E-state index is 0.0787. The van der Waals surface area contributed by atoms with Crippen molar-refractivity contribution in [3.8, 4) is 22.9 Å². The molecule has 0 saturated carbocycles. The predicted molar refractivity (Wildman–Crippen MR) is 111 cm³/mol. The second kappa shape index (κ2) is 8.99. The van der Waals surface area contributed by atoms with Crippen LogP contribution >= 0.6 is 0 Å². The Labute approximate surface area is 182 Å². The molecule has 0 saturated heterocycles. The Morgan fingerprint density at radius 3 is 2.44 bits per heavy atom. The molecular weight excluding hydrogens is 425 g/mol. The summed E-state index contributed by atoms with van der Waals surface area (Å²) in [5.74, 6) is -0.146. The molecule has 7 nitrogen and oxygen atoms in total. The number of aliphatic hydroxyl groups excluding tert-OH is 1.